The highest BCUT2D eigenvalue weighted by molar-refractivity contribution is 9.10. The standard InChI is InChI=1S/C30H31BrFN5O/c1-21-7-6-8-22(2)30(21)34-29(38)16-15-26(33-18-24-11-12-25(31)17-28(24)32)13-14-27-20-37(36-35-27)19-23-9-4-3-5-10-23/h3-12,17-18,20,26H,13-16,19H2,1-2H3,(H,34,38). The molecule has 4 rings (SSSR count). The number of nitrogens with one attached hydrogen (secondary N) is 1. The van der Waals surface area contributed by atoms with Crippen LogP contribution in [-0.4, -0.2) is 33.2 Å². The molecule has 1 amide bonds. The van der Waals surface area contributed by atoms with Gasteiger partial charge in [-0.25, -0.2) is 9.07 Å². The summed E-state index contributed by atoms with van der Waals surface area (Å²) >= 11 is 3.28. The molecule has 196 valence electrons. The summed E-state index contributed by atoms with van der Waals surface area (Å²) in [5.41, 5.74) is 5.32. The molecule has 0 radical (unpaired) electrons. The monoisotopic (exact) mass is 575 g/mol. The molecule has 1 unspecified atom stereocenters. The van der Waals surface area contributed by atoms with Crippen LogP contribution in [-0.2, 0) is 17.8 Å². The lowest BCUT2D eigenvalue weighted by molar-refractivity contribution is -0.116. The number of aliphatic imine (C=N–C) groups is 1. The van der Waals surface area contributed by atoms with E-state index in [9.17, 15) is 9.18 Å². The number of carbonyl (C=O) groups is 1. The maximum Gasteiger partial charge on any atom is 0.224 e. The molecule has 1 N–H and O–H groups in total. The van der Waals surface area contributed by atoms with Gasteiger partial charge in [-0.1, -0.05) is 69.7 Å². The summed E-state index contributed by atoms with van der Waals surface area (Å²) in [6, 6.07) is 20.7. The molecule has 0 bridgehead atoms. The molecular weight excluding hydrogens is 545 g/mol. The van der Waals surface area contributed by atoms with E-state index >= 15 is 0 Å². The summed E-state index contributed by atoms with van der Waals surface area (Å²) in [7, 11) is 0. The highest BCUT2D eigenvalue weighted by atomic mass is 79.9. The number of hydrogen-bond acceptors (Lipinski definition) is 4. The minimum atomic E-state index is -0.349. The molecule has 0 fully saturated rings. The molecule has 1 aromatic heterocycles. The molecule has 0 aliphatic rings. The normalized spacial score (nSPS) is 12.1. The zero-order valence-corrected chi connectivity index (χ0v) is 23.2. The molecule has 0 spiro atoms. The Bertz CT molecular complexity index is 1380. The highest BCUT2D eigenvalue weighted by Crippen LogP contribution is 2.21. The number of carbonyl (C=O) groups excluding carboxylic acids is 1. The molecule has 1 heterocycles. The minimum absolute atomic E-state index is 0.0637. The second-order valence-electron chi connectivity index (χ2n) is 9.38. The van der Waals surface area contributed by atoms with Gasteiger partial charge in [-0.2, -0.15) is 0 Å². The molecular formula is C30H31BrFN5O. The fraction of sp³-hybridized carbons (Fsp3) is 0.267. The number of nitrogens with zero attached hydrogens (tertiary/aromatic N) is 4. The maximum absolute atomic E-state index is 14.4. The fourth-order valence-electron chi connectivity index (χ4n) is 4.21. The van der Waals surface area contributed by atoms with Crippen molar-refractivity contribution in [3.05, 3.63) is 111 Å². The van der Waals surface area contributed by atoms with Crippen LogP contribution in [0, 0.1) is 19.7 Å². The topological polar surface area (TPSA) is 72.2 Å². The third kappa shape index (κ3) is 7.92. The predicted molar refractivity (Wildman–Crippen MR) is 153 cm³/mol. The number of hydrogen-bond donors (Lipinski definition) is 1. The number of aromatic nitrogens is 3. The van der Waals surface area contributed by atoms with Crippen molar-refractivity contribution >= 4 is 33.7 Å². The molecule has 38 heavy (non-hydrogen) atoms. The Morgan fingerprint density at radius 1 is 1.08 bits per heavy atom. The van der Waals surface area contributed by atoms with Crippen molar-refractivity contribution in [1.29, 1.82) is 0 Å². The number of rotatable bonds is 11. The first-order valence-electron chi connectivity index (χ1n) is 12.6. The number of aryl methyl sites for hydroxylation is 3. The molecule has 4 aromatic rings. The van der Waals surface area contributed by atoms with Crippen LogP contribution in [0.3, 0.4) is 0 Å². The SMILES string of the molecule is Cc1cccc(C)c1NC(=O)CCC(CCc1cn(Cc2ccccc2)nn1)N=Cc1ccc(Br)cc1F. The van der Waals surface area contributed by atoms with Crippen molar-refractivity contribution in [3.8, 4) is 0 Å². The van der Waals surface area contributed by atoms with Gasteiger partial charge in [0.1, 0.15) is 5.82 Å². The summed E-state index contributed by atoms with van der Waals surface area (Å²) in [4.78, 5) is 17.5. The van der Waals surface area contributed by atoms with Gasteiger partial charge in [0, 0.05) is 34.6 Å². The van der Waals surface area contributed by atoms with Crippen LogP contribution in [0.15, 0.2) is 82.4 Å². The zero-order valence-electron chi connectivity index (χ0n) is 21.6. The Balaban J connectivity index is 1.41. The Kier molecular flexibility index (Phi) is 9.54. The quantitative estimate of drug-likeness (QED) is 0.203. The third-order valence-electron chi connectivity index (χ3n) is 6.34. The van der Waals surface area contributed by atoms with Gasteiger partial charge in [-0.15, -0.1) is 5.10 Å². The molecule has 6 nitrogen and oxygen atoms in total. The van der Waals surface area contributed by atoms with Crippen molar-refractivity contribution in [2.75, 3.05) is 5.32 Å². The lowest BCUT2D eigenvalue weighted by Gasteiger charge is -2.14. The molecule has 1 atom stereocenters. The van der Waals surface area contributed by atoms with Gasteiger partial charge >= 0.3 is 0 Å². The number of anilines is 1. The first-order chi connectivity index (χ1) is 18.4. The molecule has 0 aliphatic heterocycles. The van der Waals surface area contributed by atoms with Crippen LogP contribution < -0.4 is 5.32 Å². The van der Waals surface area contributed by atoms with Crippen molar-refractivity contribution in [2.45, 2.75) is 52.1 Å². The van der Waals surface area contributed by atoms with E-state index in [1.54, 1.807) is 18.3 Å². The van der Waals surface area contributed by atoms with Crippen molar-refractivity contribution in [1.82, 2.24) is 15.0 Å². The van der Waals surface area contributed by atoms with Crippen molar-refractivity contribution in [3.63, 3.8) is 0 Å². The summed E-state index contributed by atoms with van der Waals surface area (Å²) in [5.74, 6) is -0.412. The first kappa shape index (κ1) is 27.4. The Hall–Kier alpha value is -3.65. The number of amides is 1. The minimum Gasteiger partial charge on any atom is -0.326 e. The number of benzene rings is 3. The molecule has 0 aliphatic carbocycles. The molecule has 3 aromatic carbocycles. The Morgan fingerprint density at radius 2 is 1.84 bits per heavy atom. The van der Waals surface area contributed by atoms with E-state index in [1.807, 2.05) is 61.1 Å². The van der Waals surface area contributed by atoms with E-state index in [-0.39, 0.29) is 17.8 Å². The van der Waals surface area contributed by atoms with Gasteiger partial charge in [0.05, 0.1) is 18.3 Å². The van der Waals surface area contributed by atoms with E-state index < -0.39 is 0 Å². The third-order valence-corrected chi connectivity index (χ3v) is 6.84. The average Bonchev–Trinajstić information content (AvgIpc) is 3.34. The van der Waals surface area contributed by atoms with E-state index in [4.69, 9.17) is 0 Å². The Morgan fingerprint density at radius 3 is 2.58 bits per heavy atom. The maximum atomic E-state index is 14.4. The summed E-state index contributed by atoms with van der Waals surface area (Å²) in [6.45, 7) is 4.61. The summed E-state index contributed by atoms with van der Waals surface area (Å²) in [6.07, 6.45) is 5.65. The first-order valence-corrected chi connectivity index (χ1v) is 13.4. The van der Waals surface area contributed by atoms with Crippen LogP contribution in [0.2, 0.25) is 0 Å². The number of halogens is 2. The van der Waals surface area contributed by atoms with Crippen molar-refractivity contribution in [2.24, 2.45) is 4.99 Å². The second-order valence-corrected chi connectivity index (χ2v) is 10.3. The van der Waals surface area contributed by atoms with Crippen molar-refractivity contribution < 1.29 is 9.18 Å². The number of para-hydroxylation sites is 1. The fourth-order valence-corrected chi connectivity index (χ4v) is 4.55. The van der Waals surface area contributed by atoms with Crippen LogP contribution in [0.25, 0.3) is 0 Å². The lowest BCUT2D eigenvalue weighted by atomic mass is 10.0. The van der Waals surface area contributed by atoms with E-state index in [0.29, 0.717) is 42.3 Å². The molecule has 0 saturated heterocycles. The molecule has 8 heteroatoms. The van der Waals surface area contributed by atoms with Gasteiger partial charge in [0.15, 0.2) is 0 Å². The largest absolute Gasteiger partial charge is 0.326 e. The van der Waals surface area contributed by atoms with E-state index in [1.165, 1.54) is 6.07 Å². The second kappa shape index (κ2) is 13.2. The zero-order chi connectivity index (χ0) is 26.9. The molecule has 0 saturated carbocycles. The summed E-state index contributed by atoms with van der Waals surface area (Å²) < 4.78 is 16.8. The summed E-state index contributed by atoms with van der Waals surface area (Å²) in [5, 5.41) is 11.6. The van der Waals surface area contributed by atoms with Gasteiger partial charge in [0.25, 0.3) is 0 Å². The van der Waals surface area contributed by atoms with E-state index in [0.717, 1.165) is 28.1 Å². The van der Waals surface area contributed by atoms with Gasteiger partial charge in [-0.3, -0.25) is 9.79 Å². The van der Waals surface area contributed by atoms with Crippen LogP contribution >= 0.6 is 15.9 Å². The average molecular weight is 577 g/mol. The highest BCUT2D eigenvalue weighted by Gasteiger charge is 2.14. The van der Waals surface area contributed by atoms with E-state index in [2.05, 4.69) is 48.7 Å². The van der Waals surface area contributed by atoms with Gasteiger partial charge in [0.2, 0.25) is 5.91 Å². The van der Waals surface area contributed by atoms with Crippen LogP contribution in [0.1, 0.15) is 47.2 Å². The predicted octanol–water partition coefficient (Wildman–Crippen LogP) is 6.68. The van der Waals surface area contributed by atoms with Gasteiger partial charge in [-0.05, 0) is 68.0 Å². The van der Waals surface area contributed by atoms with Crippen LogP contribution in [0.4, 0.5) is 10.1 Å². The van der Waals surface area contributed by atoms with Gasteiger partial charge < -0.3 is 5.32 Å². The van der Waals surface area contributed by atoms with Crippen LogP contribution in [0.5, 0.6) is 0 Å². The lowest BCUT2D eigenvalue weighted by Crippen LogP contribution is -2.17. The smallest absolute Gasteiger partial charge is 0.224 e. The Labute approximate surface area is 231 Å².